The van der Waals surface area contributed by atoms with Gasteiger partial charge in [0.05, 0.1) is 5.60 Å². The first-order valence-corrected chi connectivity index (χ1v) is 11.2. The molecule has 0 N–H and O–H groups in total. The molecule has 1 nitrogen and oxygen atoms in total. The summed E-state index contributed by atoms with van der Waals surface area (Å²) in [5.74, 6) is 2.82. The Balaban J connectivity index is 1.64. The maximum atomic E-state index is 6.75. The Morgan fingerprint density at radius 3 is 1.81 bits per heavy atom. The van der Waals surface area contributed by atoms with Crippen molar-refractivity contribution in [3.63, 3.8) is 0 Å². The number of rotatable bonds is 5. The van der Waals surface area contributed by atoms with Gasteiger partial charge >= 0.3 is 0 Å². The van der Waals surface area contributed by atoms with Crippen molar-refractivity contribution >= 4 is 10.5 Å². The quantitative estimate of drug-likeness (QED) is 0.704. The normalized spacial score (nSPS) is 34.7. The third kappa shape index (κ3) is 2.53. The van der Waals surface area contributed by atoms with Crippen LogP contribution in [0.2, 0.25) is 0 Å². The fourth-order valence-corrected chi connectivity index (χ4v) is 8.01. The van der Waals surface area contributed by atoms with E-state index in [0.29, 0.717) is 5.41 Å². The molecule has 4 saturated carbocycles. The molecular formula is C24H30OSi. The first kappa shape index (κ1) is 16.8. The van der Waals surface area contributed by atoms with Crippen molar-refractivity contribution in [1.29, 1.82) is 0 Å². The average Bonchev–Trinajstić information content (AvgIpc) is 2.66. The number of benzene rings is 2. The fourth-order valence-electron chi connectivity index (χ4n) is 7.20. The van der Waals surface area contributed by atoms with E-state index in [1.54, 1.807) is 0 Å². The van der Waals surface area contributed by atoms with Crippen molar-refractivity contribution in [2.45, 2.75) is 50.5 Å². The molecule has 0 amide bonds. The van der Waals surface area contributed by atoms with Crippen molar-refractivity contribution in [2.24, 2.45) is 23.2 Å². The lowest BCUT2D eigenvalue weighted by Crippen LogP contribution is -2.58. The van der Waals surface area contributed by atoms with Crippen LogP contribution in [0.4, 0.5) is 0 Å². The van der Waals surface area contributed by atoms with Crippen molar-refractivity contribution in [3.05, 3.63) is 71.8 Å². The third-order valence-corrected chi connectivity index (χ3v) is 8.48. The highest BCUT2D eigenvalue weighted by Gasteiger charge is 2.61. The van der Waals surface area contributed by atoms with Gasteiger partial charge in [0.25, 0.3) is 0 Å². The van der Waals surface area contributed by atoms with Gasteiger partial charge in [-0.3, -0.25) is 0 Å². The molecule has 0 spiro atoms. The number of hydrogen-bond donors (Lipinski definition) is 0. The Kier molecular flexibility index (Phi) is 4.09. The fraction of sp³-hybridized carbons (Fsp3) is 0.500. The maximum absolute atomic E-state index is 6.75. The topological polar surface area (TPSA) is 9.23 Å². The Morgan fingerprint density at radius 1 is 0.808 bits per heavy atom. The second-order valence-electron chi connectivity index (χ2n) is 9.26. The first-order valence-electron chi connectivity index (χ1n) is 10.4. The highest BCUT2D eigenvalue weighted by Crippen LogP contribution is 2.67. The van der Waals surface area contributed by atoms with Gasteiger partial charge in [0.1, 0.15) is 10.5 Å². The van der Waals surface area contributed by atoms with E-state index in [2.05, 4.69) is 60.7 Å². The molecule has 4 aliphatic rings. The van der Waals surface area contributed by atoms with Crippen molar-refractivity contribution in [3.8, 4) is 0 Å². The molecule has 6 rings (SSSR count). The average molecular weight is 363 g/mol. The van der Waals surface area contributed by atoms with E-state index >= 15 is 0 Å². The third-order valence-electron chi connectivity index (χ3n) is 7.78. The molecule has 26 heavy (non-hydrogen) atoms. The summed E-state index contributed by atoms with van der Waals surface area (Å²) in [6.07, 6.45) is 9.60. The molecule has 1 unspecified atom stereocenters. The van der Waals surface area contributed by atoms with Gasteiger partial charge in [-0.25, -0.2) is 0 Å². The molecule has 4 bridgehead atoms. The lowest BCUT2D eigenvalue weighted by atomic mass is 9.44. The Bertz CT molecular complexity index is 721. The summed E-state index contributed by atoms with van der Waals surface area (Å²) >= 11 is 0. The minimum absolute atomic E-state index is 0.141. The van der Waals surface area contributed by atoms with E-state index in [1.807, 2.05) is 0 Å². The van der Waals surface area contributed by atoms with Crippen LogP contribution in [0.15, 0.2) is 60.7 Å². The monoisotopic (exact) mass is 362 g/mol. The van der Waals surface area contributed by atoms with Crippen LogP contribution in [0.25, 0.3) is 0 Å². The Labute approximate surface area is 160 Å². The van der Waals surface area contributed by atoms with E-state index in [4.69, 9.17) is 4.43 Å². The molecule has 1 atom stereocenters. The summed E-state index contributed by atoms with van der Waals surface area (Å²) in [7, 11) is 0.788. The standard InChI is InChI=1S/C24H30OSi/c26-25-24(22-9-5-2-6-10-22,17-18-7-3-1-4-8-18)23-14-19-11-20(15-23)13-21(12-19)16-23/h1-10,19-21H,11-17H2,26H3. The SMILES string of the molecule is [SiH3]OC(Cc1ccccc1)(c1ccccc1)C12CC3CC(CC(C3)C1)C2. The van der Waals surface area contributed by atoms with E-state index in [1.165, 1.54) is 49.7 Å². The first-order chi connectivity index (χ1) is 12.7. The Morgan fingerprint density at radius 2 is 1.31 bits per heavy atom. The molecule has 0 aliphatic heterocycles. The van der Waals surface area contributed by atoms with Gasteiger partial charge in [-0.1, -0.05) is 60.7 Å². The molecule has 136 valence electrons. The van der Waals surface area contributed by atoms with Crippen LogP contribution in [-0.4, -0.2) is 10.5 Å². The lowest BCUT2D eigenvalue weighted by Gasteiger charge is -2.63. The predicted molar refractivity (Wildman–Crippen MR) is 110 cm³/mol. The second kappa shape index (κ2) is 6.35. The van der Waals surface area contributed by atoms with Crippen LogP contribution in [0.3, 0.4) is 0 Å². The smallest absolute Gasteiger partial charge is 0.147 e. The summed E-state index contributed by atoms with van der Waals surface area (Å²) in [6, 6.07) is 22.3. The zero-order chi connectivity index (χ0) is 17.6. The van der Waals surface area contributed by atoms with Gasteiger partial charge < -0.3 is 4.43 Å². The largest absolute Gasteiger partial charge is 0.418 e. The predicted octanol–water partition coefficient (Wildman–Crippen LogP) is 4.64. The van der Waals surface area contributed by atoms with Crippen LogP contribution in [0.5, 0.6) is 0 Å². The second-order valence-corrected chi connectivity index (χ2v) is 9.67. The zero-order valence-electron chi connectivity index (χ0n) is 15.9. The van der Waals surface area contributed by atoms with Crippen LogP contribution >= 0.6 is 0 Å². The maximum Gasteiger partial charge on any atom is 0.147 e. The summed E-state index contributed by atoms with van der Waals surface area (Å²) in [4.78, 5) is 0. The van der Waals surface area contributed by atoms with E-state index < -0.39 is 0 Å². The van der Waals surface area contributed by atoms with Gasteiger partial charge in [0.15, 0.2) is 0 Å². The van der Waals surface area contributed by atoms with Crippen LogP contribution in [-0.2, 0) is 16.4 Å². The van der Waals surface area contributed by atoms with Gasteiger partial charge in [0, 0.05) is 11.8 Å². The van der Waals surface area contributed by atoms with E-state index in [0.717, 1.165) is 34.7 Å². The summed E-state index contributed by atoms with van der Waals surface area (Å²) < 4.78 is 6.75. The Hall–Kier alpha value is -1.38. The van der Waals surface area contributed by atoms with Crippen LogP contribution < -0.4 is 0 Å². The molecule has 4 aliphatic carbocycles. The van der Waals surface area contributed by atoms with Crippen molar-refractivity contribution < 1.29 is 4.43 Å². The highest BCUT2D eigenvalue weighted by atomic mass is 28.2. The summed E-state index contributed by atoms with van der Waals surface area (Å²) in [6.45, 7) is 0. The molecule has 2 aromatic rings. The van der Waals surface area contributed by atoms with Crippen LogP contribution in [0, 0.1) is 23.2 Å². The molecule has 0 heterocycles. The zero-order valence-corrected chi connectivity index (χ0v) is 17.9. The van der Waals surface area contributed by atoms with Crippen LogP contribution in [0.1, 0.15) is 49.7 Å². The minimum atomic E-state index is -0.141. The molecule has 4 fully saturated rings. The van der Waals surface area contributed by atoms with Crippen molar-refractivity contribution in [2.75, 3.05) is 0 Å². The molecular weight excluding hydrogens is 332 g/mol. The van der Waals surface area contributed by atoms with Gasteiger partial charge in [0.2, 0.25) is 0 Å². The molecule has 0 aromatic heterocycles. The lowest BCUT2D eigenvalue weighted by molar-refractivity contribution is -0.170. The highest BCUT2D eigenvalue weighted by molar-refractivity contribution is 5.98. The molecule has 2 heteroatoms. The van der Waals surface area contributed by atoms with Gasteiger partial charge in [-0.2, -0.15) is 0 Å². The molecule has 0 saturated heterocycles. The number of hydrogen-bond acceptors (Lipinski definition) is 1. The van der Waals surface area contributed by atoms with Gasteiger partial charge in [-0.05, 0) is 67.4 Å². The molecule has 0 radical (unpaired) electrons. The summed E-state index contributed by atoms with van der Waals surface area (Å²) in [5, 5.41) is 0. The van der Waals surface area contributed by atoms with E-state index in [-0.39, 0.29) is 5.60 Å². The van der Waals surface area contributed by atoms with Gasteiger partial charge in [-0.15, -0.1) is 0 Å². The summed E-state index contributed by atoms with van der Waals surface area (Å²) in [5.41, 5.74) is 3.03. The molecule has 2 aromatic carbocycles. The minimum Gasteiger partial charge on any atom is -0.418 e. The van der Waals surface area contributed by atoms with E-state index in [9.17, 15) is 0 Å². The van der Waals surface area contributed by atoms with Crippen molar-refractivity contribution in [1.82, 2.24) is 0 Å².